The smallest absolute Gasteiger partial charge is 0.264 e. The minimum Gasteiger partial charge on any atom is -0.354 e. The molecule has 0 aliphatic heterocycles. The molecular formula is C29H33Cl2N3O4S. The first-order valence-electron chi connectivity index (χ1n) is 12.8. The molecule has 1 atom stereocenters. The Balaban J connectivity index is 2.02. The van der Waals surface area contributed by atoms with Crippen molar-refractivity contribution in [2.24, 2.45) is 0 Å². The SMILES string of the molecule is CCCCNC(=O)C(CC)N(Cc1ccc(Cl)cc1)C(=O)CN(c1cccc(Cl)c1)S(=O)(=O)c1ccccc1. The van der Waals surface area contributed by atoms with E-state index in [4.69, 9.17) is 23.2 Å². The summed E-state index contributed by atoms with van der Waals surface area (Å²) in [5.74, 6) is -0.810. The molecule has 10 heteroatoms. The quantitative estimate of drug-likeness (QED) is 0.251. The van der Waals surface area contributed by atoms with Gasteiger partial charge in [0.1, 0.15) is 12.6 Å². The normalized spacial score (nSPS) is 12.0. The first-order valence-corrected chi connectivity index (χ1v) is 15.0. The lowest BCUT2D eigenvalue weighted by molar-refractivity contribution is -0.140. The maximum absolute atomic E-state index is 14.0. The van der Waals surface area contributed by atoms with Crippen LogP contribution in [-0.2, 0) is 26.2 Å². The number of amides is 2. The lowest BCUT2D eigenvalue weighted by Gasteiger charge is -2.33. The Labute approximate surface area is 240 Å². The molecule has 0 aliphatic carbocycles. The zero-order valence-corrected chi connectivity index (χ0v) is 24.3. The number of sulfonamides is 1. The van der Waals surface area contributed by atoms with Crippen LogP contribution in [0.25, 0.3) is 0 Å². The molecule has 3 rings (SSSR count). The third-order valence-corrected chi connectivity index (χ3v) is 8.46. The fourth-order valence-corrected chi connectivity index (χ4v) is 5.83. The number of rotatable bonds is 13. The molecule has 39 heavy (non-hydrogen) atoms. The van der Waals surface area contributed by atoms with Crippen LogP contribution in [0.4, 0.5) is 5.69 Å². The van der Waals surface area contributed by atoms with Gasteiger partial charge < -0.3 is 10.2 Å². The molecular weight excluding hydrogens is 557 g/mol. The molecule has 0 aromatic heterocycles. The second kappa shape index (κ2) is 14.4. The summed E-state index contributed by atoms with van der Waals surface area (Å²) in [6.45, 7) is 3.92. The summed E-state index contributed by atoms with van der Waals surface area (Å²) in [5, 5.41) is 3.78. The predicted octanol–water partition coefficient (Wildman–Crippen LogP) is 5.91. The number of benzene rings is 3. The summed E-state index contributed by atoms with van der Waals surface area (Å²) in [6.07, 6.45) is 2.07. The Kier molecular flexibility index (Phi) is 11.2. The highest BCUT2D eigenvalue weighted by Crippen LogP contribution is 2.27. The second-order valence-corrected chi connectivity index (χ2v) is 11.8. The Morgan fingerprint density at radius 3 is 2.21 bits per heavy atom. The number of unbranched alkanes of at least 4 members (excludes halogenated alkanes) is 1. The first kappa shape index (κ1) is 30.5. The van der Waals surface area contributed by atoms with Gasteiger partial charge in [-0.25, -0.2) is 8.42 Å². The van der Waals surface area contributed by atoms with Crippen molar-refractivity contribution in [2.45, 2.75) is 50.6 Å². The number of carbonyl (C=O) groups excluding carboxylic acids is 2. The third-order valence-electron chi connectivity index (χ3n) is 6.19. The van der Waals surface area contributed by atoms with Crippen molar-refractivity contribution in [3.05, 3.63) is 94.5 Å². The van der Waals surface area contributed by atoms with Gasteiger partial charge >= 0.3 is 0 Å². The zero-order valence-electron chi connectivity index (χ0n) is 22.0. The van der Waals surface area contributed by atoms with Crippen molar-refractivity contribution in [1.82, 2.24) is 10.2 Å². The molecule has 208 valence electrons. The summed E-state index contributed by atoms with van der Waals surface area (Å²) in [7, 11) is -4.14. The highest BCUT2D eigenvalue weighted by Gasteiger charge is 2.33. The van der Waals surface area contributed by atoms with E-state index in [0.717, 1.165) is 22.7 Å². The minimum absolute atomic E-state index is 0.0337. The Morgan fingerprint density at radius 2 is 1.59 bits per heavy atom. The van der Waals surface area contributed by atoms with E-state index in [0.29, 0.717) is 23.0 Å². The summed E-state index contributed by atoms with van der Waals surface area (Å²) >= 11 is 12.2. The molecule has 0 saturated carbocycles. The number of hydrogen-bond acceptors (Lipinski definition) is 4. The monoisotopic (exact) mass is 589 g/mol. The summed E-state index contributed by atoms with van der Waals surface area (Å²) in [5.41, 5.74) is 0.999. The van der Waals surface area contributed by atoms with Gasteiger partial charge in [0.05, 0.1) is 10.6 Å². The van der Waals surface area contributed by atoms with Crippen molar-refractivity contribution in [1.29, 1.82) is 0 Å². The molecule has 1 unspecified atom stereocenters. The first-order chi connectivity index (χ1) is 18.7. The Morgan fingerprint density at radius 1 is 0.897 bits per heavy atom. The minimum atomic E-state index is -4.14. The van der Waals surface area contributed by atoms with Crippen molar-refractivity contribution < 1.29 is 18.0 Å². The van der Waals surface area contributed by atoms with Crippen LogP contribution < -0.4 is 9.62 Å². The van der Waals surface area contributed by atoms with Crippen LogP contribution in [0.5, 0.6) is 0 Å². The number of nitrogens with zero attached hydrogens (tertiary/aromatic N) is 2. The van der Waals surface area contributed by atoms with Crippen LogP contribution >= 0.6 is 23.2 Å². The number of hydrogen-bond donors (Lipinski definition) is 1. The van der Waals surface area contributed by atoms with Crippen molar-refractivity contribution in [2.75, 3.05) is 17.4 Å². The fraction of sp³-hybridized carbons (Fsp3) is 0.310. The van der Waals surface area contributed by atoms with Gasteiger partial charge in [-0.2, -0.15) is 0 Å². The number of carbonyl (C=O) groups is 2. The lowest BCUT2D eigenvalue weighted by atomic mass is 10.1. The molecule has 7 nitrogen and oxygen atoms in total. The van der Waals surface area contributed by atoms with Gasteiger partial charge in [0, 0.05) is 23.1 Å². The standard InChI is InChI=1S/C29H33Cl2N3O4S/c1-3-5-18-32-29(36)27(4-2)33(20-22-14-16-23(30)17-15-22)28(35)21-34(25-11-9-10-24(31)19-25)39(37,38)26-12-7-6-8-13-26/h6-17,19,27H,3-5,18,20-21H2,1-2H3,(H,32,36). The van der Waals surface area contributed by atoms with Crippen molar-refractivity contribution >= 4 is 50.7 Å². The van der Waals surface area contributed by atoms with E-state index in [1.807, 2.05) is 13.8 Å². The topological polar surface area (TPSA) is 86.8 Å². The third kappa shape index (κ3) is 8.21. The number of anilines is 1. The summed E-state index contributed by atoms with van der Waals surface area (Å²) in [6, 6.07) is 20.4. The van der Waals surface area contributed by atoms with E-state index >= 15 is 0 Å². The Hall–Kier alpha value is -3.07. The van der Waals surface area contributed by atoms with Gasteiger partial charge in [0.2, 0.25) is 11.8 Å². The van der Waals surface area contributed by atoms with Gasteiger partial charge in [0.25, 0.3) is 10.0 Å². The summed E-state index contributed by atoms with van der Waals surface area (Å²) < 4.78 is 28.6. The molecule has 0 spiro atoms. The molecule has 3 aromatic rings. The van der Waals surface area contributed by atoms with Gasteiger partial charge in [0.15, 0.2) is 0 Å². The van der Waals surface area contributed by atoms with Crippen LogP contribution in [0.1, 0.15) is 38.7 Å². The predicted molar refractivity (Wildman–Crippen MR) is 156 cm³/mol. The van der Waals surface area contributed by atoms with Crippen LogP contribution in [0.2, 0.25) is 10.0 Å². The van der Waals surface area contributed by atoms with Gasteiger partial charge in [-0.15, -0.1) is 0 Å². The average Bonchev–Trinajstić information content (AvgIpc) is 2.93. The van der Waals surface area contributed by atoms with Crippen LogP contribution in [-0.4, -0.2) is 44.3 Å². The van der Waals surface area contributed by atoms with Crippen molar-refractivity contribution in [3.8, 4) is 0 Å². The molecule has 0 fully saturated rings. The van der Waals surface area contributed by atoms with E-state index in [1.54, 1.807) is 60.7 Å². The van der Waals surface area contributed by atoms with E-state index in [-0.39, 0.29) is 23.0 Å². The second-order valence-electron chi connectivity index (χ2n) is 9.02. The van der Waals surface area contributed by atoms with Gasteiger partial charge in [-0.3, -0.25) is 13.9 Å². The fourth-order valence-electron chi connectivity index (χ4n) is 4.09. The molecule has 0 aliphatic rings. The molecule has 3 aromatic carbocycles. The molecule has 2 amide bonds. The molecule has 0 bridgehead atoms. The van der Waals surface area contributed by atoms with E-state index < -0.39 is 28.5 Å². The van der Waals surface area contributed by atoms with E-state index in [1.165, 1.54) is 23.1 Å². The van der Waals surface area contributed by atoms with Crippen LogP contribution in [0.3, 0.4) is 0 Å². The summed E-state index contributed by atoms with van der Waals surface area (Å²) in [4.78, 5) is 28.6. The number of halogens is 2. The highest BCUT2D eigenvalue weighted by atomic mass is 35.5. The molecule has 1 N–H and O–H groups in total. The van der Waals surface area contributed by atoms with Crippen LogP contribution in [0.15, 0.2) is 83.8 Å². The molecule has 0 radical (unpaired) electrons. The molecule has 0 saturated heterocycles. The Bertz CT molecular complexity index is 1350. The van der Waals surface area contributed by atoms with E-state index in [9.17, 15) is 18.0 Å². The van der Waals surface area contributed by atoms with Gasteiger partial charge in [-0.1, -0.05) is 79.9 Å². The molecule has 0 heterocycles. The lowest BCUT2D eigenvalue weighted by Crippen LogP contribution is -2.52. The van der Waals surface area contributed by atoms with Gasteiger partial charge in [-0.05, 0) is 60.9 Å². The maximum Gasteiger partial charge on any atom is 0.264 e. The number of nitrogens with one attached hydrogen (secondary N) is 1. The highest BCUT2D eigenvalue weighted by molar-refractivity contribution is 7.92. The zero-order chi connectivity index (χ0) is 28.4. The largest absolute Gasteiger partial charge is 0.354 e. The van der Waals surface area contributed by atoms with Crippen LogP contribution in [0, 0.1) is 0 Å². The maximum atomic E-state index is 14.0. The average molecular weight is 591 g/mol. The van der Waals surface area contributed by atoms with E-state index in [2.05, 4.69) is 5.32 Å². The van der Waals surface area contributed by atoms with Crippen molar-refractivity contribution in [3.63, 3.8) is 0 Å².